The molecule has 0 spiro atoms. The summed E-state index contributed by atoms with van der Waals surface area (Å²) in [5, 5.41) is 21.1. The largest absolute Gasteiger partial charge is 0.507 e. The molecule has 0 aromatic heterocycles. The van der Waals surface area contributed by atoms with Crippen molar-refractivity contribution in [1.82, 2.24) is 0 Å². The average Bonchev–Trinajstić information content (AvgIpc) is 3.69. The molecule has 8 aromatic rings. The van der Waals surface area contributed by atoms with Crippen molar-refractivity contribution in [3.05, 3.63) is 201 Å². The van der Waals surface area contributed by atoms with Gasteiger partial charge in [0, 0.05) is 33.4 Å². The average molecular weight is 889 g/mol. The van der Waals surface area contributed by atoms with Gasteiger partial charge in [0.2, 0.25) is 0 Å². The van der Waals surface area contributed by atoms with Crippen molar-refractivity contribution in [1.29, 1.82) is 0 Å². The number of hydrogen-bond acceptors (Lipinski definition) is 4. The summed E-state index contributed by atoms with van der Waals surface area (Å²) in [6.07, 6.45) is -8.83. The Morgan fingerprint density at radius 3 is 0.879 bits per heavy atom. The Hall–Kier alpha value is -7.72. The van der Waals surface area contributed by atoms with Crippen molar-refractivity contribution < 1.29 is 46.1 Å². The smallest absolute Gasteiger partial charge is 0.416 e. The van der Waals surface area contributed by atoms with Gasteiger partial charge >= 0.3 is 12.4 Å². The molecule has 0 bridgehead atoms. The van der Waals surface area contributed by atoms with E-state index in [2.05, 4.69) is 30.3 Å². The third kappa shape index (κ3) is 7.82. The van der Waals surface area contributed by atoms with E-state index in [0.29, 0.717) is 50.1 Å². The summed E-state index contributed by atoms with van der Waals surface area (Å²) in [7, 11) is 0. The van der Waals surface area contributed by atoms with E-state index in [-0.39, 0.29) is 28.6 Å². The van der Waals surface area contributed by atoms with Crippen molar-refractivity contribution in [3.8, 4) is 78.3 Å². The van der Waals surface area contributed by atoms with Gasteiger partial charge in [0.05, 0.1) is 11.1 Å². The Kier molecular flexibility index (Phi) is 10.6. The van der Waals surface area contributed by atoms with Gasteiger partial charge in [-0.25, -0.2) is 0 Å². The normalized spacial score (nSPS) is 12.6. The van der Waals surface area contributed by atoms with E-state index in [9.17, 15) is 46.1 Å². The zero-order chi connectivity index (χ0) is 47.0. The van der Waals surface area contributed by atoms with Crippen molar-refractivity contribution in [3.63, 3.8) is 0 Å². The van der Waals surface area contributed by atoms with Gasteiger partial charge in [-0.15, -0.1) is 0 Å². The van der Waals surface area contributed by atoms with Crippen LogP contribution in [0.5, 0.6) is 11.5 Å². The molecule has 2 aliphatic carbocycles. The molecule has 8 aromatic carbocycles. The van der Waals surface area contributed by atoms with Crippen LogP contribution in [0.25, 0.3) is 66.8 Å². The van der Waals surface area contributed by atoms with Gasteiger partial charge in [-0.2, -0.15) is 26.3 Å². The van der Waals surface area contributed by atoms with Crippen LogP contribution < -0.4 is 0 Å². The van der Waals surface area contributed by atoms with Crippen LogP contribution in [-0.2, 0) is 12.4 Å². The van der Waals surface area contributed by atoms with Crippen LogP contribution in [0.1, 0.15) is 65.2 Å². The number of halogens is 6. The van der Waals surface area contributed by atoms with Crippen LogP contribution in [0.3, 0.4) is 0 Å². The second-order valence-corrected chi connectivity index (χ2v) is 16.8. The van der Waals surface area contributed by atoms with Gasteiger partial charge in [0.15, 0.2) is 11.6 Å². The van der Waals surface area contributed by atoms with E-state index < -0.39 is 23.5 Å². The summed E-state index contributed by atoms with van der Waals surface area (Å²) in [5.74, 6) is -0.593. The molecule has 10 rings (SSSR count). The van der Waals surface area contributed by atoms with Crippen molar-refractivity contribution >= 4 is 11.6 Å². The van der Waals surface area contributed by atoms with Crippen LogP contribution >= 0.6 is 0 Å². The third-order valence-corrected chi connectivity index (χ3v) is 12.3. The fourth-order valence-electron chi connectivity index (χ4n) is 8.75. The van der Waals surface area contributed by atoms with Gasteiger partial charge in [0.25, 0.3) is 0 Å². The minimum Gasteiger partial charge on any atom is -0.507 e. The molecule has 4 nitrogen and oxygen atoms in total. The summed E-state index contributed by atoms with van der Waals surface area (Å²) >= 11 is 0. The summed E-state index contributed by atoms with van der Waals surface area (Å²) < 4.78 is 77.7. The zero-order valence-electron chi connectivity index (χ0n) is 35.8. The van der Waals surface area contributed by atoms with Crippen molar-refractivity contribution in [2.45, 2.75) is 40.0 Å². The number of hydrogen-bond donors (Lipinski definition) is 2. The summed E-state index contributed by atoms with van der Waals surface area (Å²) in [4.78, 5) is 26.1. The van der Waals surface area contributed by atoms with E-state index in [0.717, 1.165) is 74.3 Å². The molecule has 0 amide bonds. The number of carbonyl (C=O) groups is 2. The van der Waals surface area contributed by atoms with Crippen molar-refractivity contribution in [2.24, 2.45) is 0 Å². The van der Waals surface area contributed by atoms with Crippen LogP contribution in [-0.4, -0.2) is 21.8 Å². The first-order chi connectivity index (χ1) is 31.3. The molecule has 0 radical (unpaired) electrons. The molecule has 0 unspecified atom stereocenters. The van der Waals surface area contributed by atoms with E-state index in [1.165, 1.54) is 42.0 Å². The highest BCUT2D eigenvalue weighted by Gasteiger charge is 2.34. The molecular weight excluding hydrogens is 851 g/mol. The number of rotatable bonds is 4. The lowest BCUT2D eigenvalue weighted by atomic mass is 9.92. The predicted molar refractivity (Wildman–Crippen MR) is 245 cm³/mol. The molecule has 0 saturated heterocycles. The number of ketones is 2. The number of benzene rings is 8. The molecular formula is C56H38F6O4. The topological polar surface area (TPSA) is 74.6 Å². The zero-order valence-corrected chi connectivity index (χ0v) is 35.8. The second kappa shape index (κ2) is 16.1. The molecule has 2 aliphatic rings. The second-order valence-electron chi connectivity index (χ2n) is 16.8. The highest BCUT2D eigenvalue weighted by atomic mass is 19.4. The van der Waals surface area contributed by atoms with Crippen LogP contribution in [0, 0.1) is 27.7 Å². The number of phenols is 2. The van der Waals surface area contributed by atoms with E-state index >= 15 is 0 Å². The Balaban J connectivity index is 0.000000166. The highest BCUT2D eigenvalue weighted by molar-refractivity contribution is 6.24. The fraction of sp³-hybridized carbons (Fsp3) is 0.107. The maximum Gasteiger partial charge on any atom is 0.416 e. The van der Waals surface area contributed by atoms with Crippen LogP contribution in [0.15, 0.2) is 146 Å². The molecule has 0 heterocycles. The molecule has 0 aliphatic heterocycles. The molecule has 0 saturated carbocycles. The Morgan fingerprint density at radius 1 is 0.318 bits per heavy atom. The lowest BCUT2D eigenvalue weighted by Crippen LogP contribution is -2.04. The maximum atomic E-state index is 13.2. The Bertz CT molecular complexity index is 3050. The number of alkyl halides is 6. The summed E-state index contributed by atoms with van der Waals surface area (Å²) in [6, 6.07) is 39.4. The summed E-state index contributed by atoms with van der Waals surface area (Å²) in [6.45, 7) is 7.88. The van der Waals surface area contributed by atoms with Crippen molar-refractivity contribution in [2.75, 3.05) is 0 Å². The minimum atomic E-state index is -4.46. The SMILES string of the molecule is Cc1ccc(-c2cc3c(cc2C)C(=O)c2cc(C)c(-c4ccc(C(F)(F)F)cc4)cc2-3)cc1.Cc1ccc(-c2cc3c(cc2O)C(=O)c2cc(O)c(-c4ccc(C(F)(F)F)cc4)cc2-3)cc1. The maximum absolute atomic E-state index is 13.2. The van der Waals surface area contributed by atoms with Gasteiger partial charge in [0.1, 0.15) is 11.5 Å². The first-order valence-corrected chi connectivity index (χ1v) is 20.9. The monoisotopic (exact) mass is 888 g/mol. The minimum absolute atomic E-state index is 0.0133. The van der Waals surface area contributed by atoms with Gasteiger partial charge < -0.3 is 10.2 Å². The van der Waals surface area contributed by atoms with E-state index in [1.54, 1.807) is 12.1 Å². The molecule has 328 valence electrons. The fourth-order valence-corrected chi connectivity index (χ4v) is 8.75. The molecule has 0 fully saturated rings. The van der Waals surface area contributed by atoms with E-state index in [4.69, 9.17) is 0 Å². The summed E-state index contributed by atoms with van der Waals surface area (Å²) in [5.41, 5.74) is 13.1. The molecule has 10 heteroatoms. The quantitative estimate of drug-likeness (QED) is 0.173. The van der Waals surface area contributed by atoms with Crippen LogP contribution in [0.4, 0.5) is 26.3 Å². The first-order valence-electron chi connectivity index (χ1n) is 20.9. The van der Waals surface area contributed by atoms with Crippen LogP contribution in [0.2, 0.25) is 0 Å². The van der Waals surface area contributed by atoms with E-state index in [1.807, 2.05) is 70.2 Å². The Morgan fingerprint density at radius 2 is 0.576 bits per heavy atom. The first kappa shape index (κ1) is 43.5. The standard InChI is InChI=1S/C29H21F3O.C27H17F3O3/c1-16-4-6-19(7-5-16)22-14-24-25-15-23(20-8-10-21(11-9-20)29(30,31)32)18(3)13-27(25)28(33)26(24)12-17(22)2;1-14-2-4-15(5-3-14)18-10-20-21-11-19(16-6-8-17(9-7-16)27(28,29)30)25(32)13-23(21)26(33)22(20)12-24(18)31/h4-15H,1-3H3;2-13,31-32H,1H3. The number of carbonyl (C=O) groups excluding carboxylic acids is 2. The molecule has 66 heavy (non-hydrogen) atoms. The van der Waals surface area contributed by atoms with Gasteiger partial charge in [-0.1, -0.05) is 83.9 Å². The molecule has 0 atom stereocenters. The Labute approximate surface area is 376 Å². The number of aromatic hydroxyl groups is 2. The third-order valence-electron chi connectivity index (χ3n) is 12.3. The highest BCUT2D eigenvalue weighted by Crippen LogP contribution is 2.47. The lowest BCUT2D eigenvalue weighted by Gasteiger charge is -2.13. The predicted octanol–water partition coefficient (Wildman–Crippen LogP) is 15.1. The van der Waals surface area contributed by atoms with Gasteiger partial charge in [-0.3, -0.25) is 9.59 Å². The number of phenolic OH excluding ortho intramolecular Hbond substituents is 2. The van der Waals surface area contributed by atoms with Gasteiger partial charge in [-0.05, 0) is 167 Å². The number of fused-ring (bicyclic) bond motifs is 6. The lowest BCUT2D eigenvalue weighted by molar-refractivity contribution is -0.138. The molecule has 2 N–H and O–H groups in total. The number of aryl methyl sites for hydroxylation is 4.